The van der Waals surface area contributed by atoms with Crippen molar-refractivity contribution in [2.75, 3.05) is 36.4 Å². The number of aryl methyl sites for hydroxylation is 1. The van der Waals surface area contributed by atoms with Gasteiger partial charge < -0.3 is 19.6 Å². The number of pyridine rings is 1. The third-order valence-corrected chi connectivity index (χ3v) is 4.80. The van der Waals surface area contributed by atoms with E-state index in [1.54, 1.807) is 24.0 Å². The monoisotopic (exact) mass is 391 g/mol. The van der Waals surface area contributed by atoms with Crippen molar-refractivity contribution in [1.82, 2.24) is 15.0 Å². The van der Waals surface area contributed by atoms with Crippen molar-refractivity contribution in [3.05, 3.63) is 71.7 Å². The van der Waals surface area contributed by atoms with Crippen molar-refractivity contribution in [3.8, 4) is 0 Å². The number of aromatic nitrogens is 2. The maximum atomic E-state index is 12.9. The number of amides is 2. The van der Waals surface area contributed by atoms with E-state index in [0.29, 0.717) is 30.2 Å². The lowest BCUT2D eigenvalue weighted by atomic mass is 10.2. The molecule has 1 aliphatic rings. The minimum absolute atomic E-state index is 0.176. The first kappa shape index (κ1) is 18.7. The Kier molecular flexibility index (Phi) is 5.24. The van der Waals surface area contributed by atoms with Crippen LogP contribution in [-0.4, -0.2) is 53.0 Å². The van der Waals surface area contributed by atoms with Gasteiger partial charge in [-0.05, 0) is 31.2 Å². The highest BCUT2D eigenvalue weighted by Gasteiger charge is 2.24. The Hall–Kier alpha value is -3.68. The number of hydrogen-bond donors (Lipinski definition) is 1. The van der Waals surface area contributed by atoms with Gasteiger partial charge in [-0.25, -0.2) is 0 Å². The standard InChI is InChI=1S/C21H21N5O3/c1-15-13-19(24-29-15)23-20(27)16-7-8-22-18(14-16)21(28)26-11-9-25(10-12-26)17-5-3-2-4-6-17/h2-8,13-14H,9-12H2,1H3,(H,23,24,27). The van der Waals surface area contributed by atoms with Crippen LogP contribution in [0.4, 0.5) is 11.5 Å². The molecule has 1 fully saturated rings. The topological polar surface area (TPSA) is 91.6 Å². The second-order valence-electron chi connectivity index (χ2n) is 6.82. The molecule has 148 valence electrons. The molecular formula is C21H21N5O3. The molecule has 0 unspecified atom stereocenters. The maximum absolute atomic E-state index is 12.9. The quantitative estimate of drug-likeness (QED) is 0.735. The molecule has 1 saturated heterocycles. The number of carbonyl (C=O) groups is 2. The number of nitrogens with one attached hydrogen (secondary N) is 1. The van der Waals surface area contributed by atoms with Gasteiger partial charge in [0.05, 0.1) is 0 Å². The highest BCUT2D eigenvalue weighted by atomic mass is 16.5. The van der Waals surface area contributed by atoms with Crippen molar-refractivity contribution < 1.29 is 14.1 Å². The van der Waals surface area contributed by atoms with Crippen LogP contribution in [0.2, 0.25) is 0 Å². The Morgan fingerprint density at radius 2 is 1.79 bits per heavy atom. The summed E-state index contributed by atoms with van der Waals surface area (Å²) in [5.74, 6) is 0.378. The fraction of sp³-hybridized carbons (Fsp3) is 0.238. The van der Waals surface area contributed by atoms with E-state index in [2.05, 4.69) is 32.5 Å². The van der Waals surface area contributed by atoms with Crippen molar-refractivity contribution in [2.24, 2.45) is 0 Å². The van der Waals surface area contributed by atoms with Crippen LogP contribution in [0.5, 0.6) is 0 Å². The molecule has 1 N–H and O–H groups in total. The van der Waals surface area contributed by atoms with E-state index in [0.717, 1.165) is 18.8 Å². The molecule has 3 aromatic rings. The van der Waals surface area contributed by atoms with E-state index < -0.39 is 0 Å². The van der Waals surface area contributed by atoms with Gasteiger partial charge in [0, 0.05) is 49.7 Å². The van der Waals surface area contributed by atoms with Crippen LogP contribution in [0.1, 0.15) is 26.6 Å². The molecule has 0 spiro atoms. The molecule has 0 aliphatic carbocycles. The predicted molar refractivity (Wildman–Crippen MR) is 108 cm³/mol. The van der Waals surface area contributed by atoms with Crippen LogP contribution in [-0.2, 0) is 0 Å². The maximum Gasteiger partial charge on any atom is 0.272 e. The third kappa shape index (κ3) is 4.26. The van der Waals surface area contributed by atoms with Gasteiger partial charge in [0.15, 0.2) is 5.82 Å². The summed E-state index contributed by atoms with van der Waals surface area (Å²) in [7, 11) is 0. The average molecular weight is 391 g/mol. The number of hydrogen-bond acceptors (Lipinski definition) is 6. The summed E-state index contributed by atoms with van der Waals surface area (Å²) in [4.78, 5) is 33.5. The number of anilines is 2. The van der Waals surface area contributed by atoms with Crippen LogP contribution in [0.15, 0.2) is 59.3 Å². The summed E-state index contributed by atoms with van der Waals surface area (Å²) in [6.07, 6.45) is 1.47. The molecule has 0 radical (unpaired) electrons. The second-order valence-corrected chi connectivity index (χ2v) is 6.82. The minimum atomic E-state index is -0.372. The van der Waals surface area contributed by atoms with Crippen molar-refractivity contribution in [3.63, 3.8) is 0 Å². The summed E-state index contributed by atoms with van der Waals surface area (Å²) in [5.41, 5.74) is 1.74. The molecule has 29 heavy (non-hydrogen) atoms. The molecular weight excluding hydrogens is 370 g/mol. The van der Waals surface area contributed by atoms with Crippen LogP contribution < -0.4 is 10.2 Å². The van der Waals surface area contributed by atoms with Gasteiger partial charge in [-0.1, -0.05) is 23.4 Å². The number of carbonyl (C=O) groups excluding carboxylic acids is 2. The Labute approximate surface area is 168 Å². The highest BCUT2D eigenvalue weighted by molar-refractivity contribution is 6.05. The molecule has 8 nitrogen and oxygen atoms in total. The van der Waals surface area contributed by atoms with Gasteiger partial charge >= 0.3 is 0 Å². The van der Waals surface area contributed by atoms with Gasteiger partial charge in [0.2, 0.25) is 0 Å². The Balaban J connectivity index is 1.40. The predicted octanol–water partition coefficient (Wildman–Crippen LogP) is 2.59. The van der Waals surface area contributed by atoms with E-state index in [1.165, 1.54) is 12.3 Å². The number of rotatable bonds is 4. The summed E-state index contributed by atoms with van der Waals surface area (Å²) in [6.45, 7) is 4.44. The third-order valence-electron chi connectivity index (χ3n) is 4.80. The first-order valence-electron chi connectivity index (χ1n) is 9.40. The van der Waals surface area contributed by atoms with Crippen LogP contribution >= 0.6 is 0 Å². The van der Waals surface area contributed by atoms with Crippen molar-refractivity contribution in [1.29, 1.82) is 0 Å². The zero-order valence-corrected chi connectivity index (χ0v) is 16.0. The Bertz CT molecular complexity index is 1010. The van der Waals surface area contributed by atoms with Crippen LogP contribution in [0.3, 0.4) is 0 Å². The molecule has 2 aromatic heterocycles. The fourth-order valence-corrected chi connectivity index (χ4v) is 3.27. The first-order valence-corrected chi connectivity index (χ1v) is 9.40. The summed E-state index contributed by atoms with van der Waals surface area (Å²) >= 11 is 0. The molecule has 0 saturated carbocycles. The lowest BCUT2D eigenvalue weighted by Crippen LogP contribution is -2.49. The number of para-hydroxylation sites is 1. The van der Waals surface area contributed by atoms with Gasteiger partial charge in [-0.15, -0.1) is 0 Å². The zero-order chi connectivity index (χ0) is 20.2. The van der Waals surface area contributed by atoms with Crippen LogP contribution in [0.25, 0.3) is 0 Å². The van der Waals surface area contributed by atoms with E-state index in [-0.39, 0.29) is 17.5 Å². The lowest BCUT2D eigenvalue weighted by Gasteiger charge is -2.36. The first-order chi connectivity index (χ1) is 14.1. The summed E-state index contributed by atoms with van der Waals surface area (Å²) in [6, 6.07) is 14.8. The van der Waals surface area contributed by atoms with Crippen molar-refractivity contribution >= 4 is 23.3 Å². The van der Waals surface area contributed by atoms with Crippen LogP contribution in [0, 0.1) is 6.92 Å². The molecule has 3 heterocycles. The van der Waals surface area contributed by atoms with Gasteiger partial charge in [-0.2, -0.15) is 0 Å². The molecule has 0 bridgehead atoms. The number of piperazine rings is 1. The summed E-state index contributed by atoms with van der Waals surface area (Å²) < 4.78 is 4.94. The van der Waals surface area contributed by atoms with Gasteiger partial charge in [-0.3, -0.25) is 14.6 Å². The molecule has 1 aliphatic heterocycles. The zero-order valence-electron chi connectivity index (χ0n) is 16.0. The van der Waals surface area contributed by atoms with E-state index in [9.17, 15) is 9.59 Å². The molecule has 4 rings (SSSR count). The average Bonchev–Trinajstić information content (AvgIpc) is 3.18. The SMILES string of the molecule is Cc1cc(NC(=O)c2ccnc(C(=O)N3CCN(c4ccccc4)CC3)c2)no1. The molecule has 2 amide bonds. The van der Waals surface area contributed by atoms with E-state index in [1.807, 2.05) is 18.2 Å². The molecule has 1 aromatic carbocycles. The Morgan fingerprint density at radius 3 is 2.48 bits per heavy atom. The number of nitrogens with zero attached hydrogens (tertiary/aromatic N) is 4. The summed E-state index contributed by atoms with van der Waals surface area (Å²) in [5, 5.41) is 6.39. The van der Waals surface area contributed by atoms with Gasteiger partial charge in [0.25, 0.3) is 11.8 Å². The highest BCUT2D eigenvalue weighted by Crippen LogP contribution is 2.17. The van der Waals surface area contributed by atoms with Crippen molar-refractivity contribution in [2.45, 2.75) is 6.92 Å². The van der Waals surface area contributed by atoms with E-state index in [4.69, 9.17) is 4.52 Å². The lowest BCUT2D eigenvalue weighted by molar-refractivity contribution is 0.0741. The molecule has 0 atom stereocenters. The Morgan fingerprint density at radius 1 is 1.03 bits per heavy atom. The smallest absolute Gasteiger partial charge is 0.272 e. The minimum Gasteiger partial charge on any atom is -0.368 e. The largest absolute Gasteiger partial charge is 0.368 e. The molecule has 8 heteroatoms. The van der Waals surface area contributed by atoms with E-state index >= 15 is 0 Å². The number of benzene rings is 1. The fourth-order valence-electron chi connectivity index (χ4n) is 3.27. The normalized spacial score (nSPS) is 14.0. The second kappa shape index (κ2) is 8.14. The van der Waals surface area contributed by atoms with Gasteiger partial charge in [0.1, 0.15) is 11.5 Å².